The molecule has 1 saturated heterocycles. The Morgan fingerprint density at radius 1 is 1.58 bits per heavy atom. The molecule has 0 N–H and O–H groups in total. The summed E-state index contributed by atoms with van der Waals surface area (Å²) >= 11 is 3.58. The van der Waals surface area contributed by atoms with Crippen molar-refractivity contribution in [3.63, 3.8) is 0 Å². The van der Waals surface area contributed by atoms with Gasteiger partial charge in [0.1, 0.15) is 0 Å². The number of ether oxygens (including phenoxy) is 1. The van der Waals surface area contributed by atoms with Gasteiger partial charge in [0.2, 0.25) is 0 Å². The maximum absolute atomic E-state index is 11.6. The topological polar surface area (TPSA) is 47.4 Å². The summed E-state index contributed by atoms with van der Waals surface area (Å²) in [6.07, 6.45) is 1.96. The van der Waals surface area contributed by atoms with E-state index in [0.29, 0.717) is 0 Å². The van der Waals surface area contributed by atoms with Gasteiger partial charge in [-0.25, -0.2) is 0 Å². The average Bonchev–Trinajstić information content (AvgIpc) is 2.65. The number of aryl methyl sites for hydroxylation is 2. The fraction of sp³-hybridized carbons (Fsp3) is 0.692. The Morgan fingerprint density at radius 3 is 2.89 bits per heavy atom. The summed E-state index contributed by atoms with van der Waals surface area (Å²) in [4.78, 5) is 13.9. The highest BCUT2D eigenvalue weighted by molar-refractivity contribution is 9.10. The van der Waals surface area contributed by atoms with Crippen molar-refractivity contribution in [2.24, 2.45) is 13.0 Å². The number of hydrogen-bond acceptors (Lipinski definition) is 4. The Bertz CT molecular complexity index is 473. The molecular formula is C13H20BrN3O2. The van der Waals surface area contributed by atoms with Crippen molar-refractivity contribution < 1.29 is 9.53 Å². The summed E-state index contributed by atoms with van der Waals surface area (Å²) in [5, 5.41) is 4.40. The molecule has 6 heteroatoms. The summed E-state index contributed by atoms with van der Waals surface area (Å²) in [6.45, 7) is 4.58. The minimum absolute atomic E-state index is 0.00634. The highest BCUT2D eigenvalue weighted by Gasteiger charge is 2.27. The van der Waals surface area contributed by atoms with Gasteiger partial charge >= 0.3 is 5.97 Å². The number of rotatable bonds is 3. The van der Waals surface area contributed by atoms with Gasteiger partial charge in [-0.15, -0.1) is 0 Å². The van der Waals surface area contributed by atoms with Gasteiger partial charge in [-0.1, -0.05) is 0 Å². The molecule has 0 amide bonds. The normalized spacial score (nSPS) is 20.5. The van der Waals surface area contributed by atoms with Crippen LogP contribution in [0.1, 0.15) is 24.2 Å². The van der Waals surface area contributed by atoms with Crippen molar-refractivity contribution in [1.82, 2.24) is 14.7 Å². The molecule has 1 aliphatic rings. The molecule has 1 aromatic heterocycles. The van der Waals surface area contributed by atoms with Crippen molar-refractivity contribution in [2.75, 3.05) is 20.2 Å². The van der Waals surface area contributed by atoms with Crippen LogP contribution >= 0.6 is 15.9 Å². The van der Waals surface area contributed by atoms with Crippen LogP contribution in [-0.2, 0) is 23.1 Å². The van der Waals surface area contributed by atoms with E-state index in [1.165, 1.54) is 7.11 Å². The van der Waals surface area contributed by atoms with E-state index in [-0.39, 0.29) is 11.9 Å². The van der Waals surface area contributed by atoms with Crippen LogP contribution in [0.25, 0.3) is 0 Å². The van der Waals surface area contributed by atoms with Crippen LogP contribution in [0.2, 0.25) is 0 Å². The largest absolute Gasteiger partial charge is 0.469 e. The molecule has 19 heavy (non-hydrogen) atoms. The SMILES string of the molecule is COC(=O)C1CCCN(Cc2c(Br)c(C)nn2C)C1. The Kier molecular flexibility index (Phi) is 4.62. The Labute approximate surface area is 122 Å². The van der Waals surface area contributed by atoms with E-state index in [2.05, 4.69) is 25.9 Å². The number of carbonyl (C=O) groups is 1. The quantitative estimate of drug-likeness (QED) is 0.794. The minimum atomic E-state index is -0.0926. The summed E-state index contributed by atoms with van der Waals surface area (Å²) in [7, 11) is 3.41. The first-order valence-electron chi connectivity index (χ1n) is 6.51. The molecule has 0 spiro atoms. The third-order valence-electron chi connectivity index (χ3n) is 3.68. The van der Waals surface area contributed by atoms with Crippen LogP contribution in [-0.4, -0.2) is 40.8 Å². The van der Waals surface area contributed by atoms with Crippen molar-refractivity contribution in [3.05, 3.63) is 15.9 Å². The number of hydrogen-bond donors (Lipinski definition) is 0. The third-order valence-corrected chi connectivity index (χ3v) is 4.71. The molecule has 1 atom stereocenters. The Hall–Kier alpha value is -0.880. The van der Waals surface area contributed by atoms with E-state index >= 15 is 0 Å². The van der Waals surface area contributed by atoms with Gasteiger partial charge in [-0.2, -0.15) is 5.10 Å². The minimum Gasteiger partial charge on any atom is -0.469 e. The second-order valence-corrected chi connectivity index (χ2v) is 5.86. The number of halogens is 1. The number of carbonyl (C=O) groups excluding carboxylic acids is 1. The maximum atomic E-state index is 11.6. The zero-order valence-electron chi connectivity index (χ0n) is 11.6. The predicted octanol–water partition coefficient (Wildman–Crippen LogP) is 1.88. The first-order valence-corrected chi connectivity index (χ1v) is 7.30. The number of methoxy groups -OCH3 is 1. The lowest BCUT2D eigenvalue weighted by Gasteiger charge is -2.31. The lowest BCUT2D eigenvalue weighted by atomic mass is 9.98. The van der Waals surface area contributed by atoms with Gasteiger partial charge in [0.15, 0.2) is 0 Å². The predicted molar refractivity (Wildman–Crippen MR) is 75.7 cm³/mol. The second-order valence-electron chi connectivity index (χ2n) is 5.07. The van der Waals surface area contributed by atoms with E-state index in [0.717, 1.165) is 48.3 Å². The lowest BCUT2D eigenvalue weighted by Crippen LogP contribution is -2.39. The van der Waals surface area contributed by atoms with E-state index in [1.807, 2.05) is 18.7 Å². The smallest absolute Gasteiger partial charge is 0.309 e. The first-order chi connectivity index (χ1) is 9.02. The molecule has 0 aliphatic carbocycles. The molecule has 1 unspecified atom stereocenters. The summed E-state index contributed by atoms with van der Waals surface area (Å²) in [5.74, 6) is -0.0863. The molecule has 5 nitrogen and oxygen atoms in total. The summed E-state index contributed by atoms with van der Waals surface area (Å²) in [5.41, 5.74) is 2.15. The van der Waals surface area contributed by atoms with Gasteiger partial charge in [0, 0.05) is 20.1 Å². The van der Waals surface area contributed by atoms with Crippen molar-refractivity contribution in [3.8, 4) is 0 Å². The number of aromatic nitrogens is 2. The van der Waals surface area contributed by atoms with E-state index < -0.39 is 0 Å². The lowest BCUT2D eigenvalue weighted by molar-refractivity contribution is -0.147. The van der Waals surface area contributed by atoms with Crippen LogP contribution in [0.4, 0.5) is 0 Å². The summed E-state index contributed by atoms with van der Waals surface area (Å²) in [6, 6.07) is 0. The van der Waals surface area contributed by atoms with Crippen molar-refractivity contribution in [2.45, 2.75) is 26.3 Å². The monoisotopic (exact) mass is 329 g/mol. The third kappa shape index (κ3) is 3.17. The Morgan fingerprint density at radius 2 is 2.32 bits per heavy atom. The number of esters is 1. The molecule has 0 radical (unpaired) electrons. The molecule has 106 valence electrons. The van der Waals surface area contributed by atoms with Crippen LogP contribution in [0.5, 0.6) is 0 Å². The summed E-state index contributed by atoms with van der Waals surface area (Å²) < 4.78 is 7.82. The van der Waals surface area contributed by atoms with Crippen LogP contribution in [0.3, 0.4) is 0 Å². The molecular weight excluding hydrogens is 310 g/mol. The fourth-order valence-corrected chi connectivity index (χ4v) is 3.08. The van der Waals surface area contributed by atoms with Crippen LogP contribution in [0, 0.1) is 12.8 Å². The average molecular weight is 330 g/mol. The molecule has 1 aromatic rings. The van der Waals surface area contributed by atoms with Gasteiger partial charge in [0.05, 0.1) is 28.9 Å². The molecule has 1 fully saturated rings. The van der Waals surface area contributed by atoms with Gasteiger partial charge in [0.25, 0.3) is 0 Å². The van der Waals surface area contributed by atoms with E-state index in [9.17, 15) is 4.79 Å². The van der Waals surface area contributed by atoms with E-state index in [4.69, 9.17) is 4.74 Å². The van der Waals surface area contributed by atoms with Gasteiger partial charge in [-0.05, 0) is 42.2 Å². The number of likely N-dealkylation sites (tertiary alicyclic amines) is 1. The maximum Gasteiger partial charge on any atom is 0.309 e. The molecule has 0 bridgehead atoms. The standard InChI is InChI=1S/C13H20BrN3O2/c1-9-12(14)11(16(2)15-9)8-17-6-4-5-10(7-17)13(18)19-3/h10H,4-8H2,1-3H3. The van der Waals surface area contributed by atoms with Crippen molar-refractivity contribution in [1.29, 1.82) is 0 Å². The fourth-order valence-electron chi connectivity index (χ4n) is 2.62. The highest BCUT2D eigenvalue weighted by Crippen LogP contribution is 2.24. The zero-order valence-corrected chi connectivity index (χ0v) is 13.2. The number of nitrogens with zero attached hydrogens (tertiary/aromatic N) is 3. The molecule has 2 heterocycles. The molecule has 1 aliphatic heterocycles. The van der Waals surface area contributed by atoms with Gasteiger partial charge < -0.3 is 4.74 Å². The number of piperidine rings is 1. The van der Waals surface area contributed by atoms with E-state index in [1.54, 1.807) is 0 Å². The van der Waals surface area contributed by atoms with Crippen LogP contribution in [0.15, 0.2) is 4.47 Å². The Balaban J connectivity index is 2.04. The molecule has 0 saturated carbocycles. The highest BCUT2D eigenvalue weighted by atomic mass is 79.9. The van der Waals surface area contributed by atoms with Gasteiger partial charge in [-0.3, -0.25) is 14.4 Å². The van der Waals surface area contributed by atoms with Crippen LogP contribution < -0.4 is 0 Å². The molecule has 2 rings (SSSR count). The van der Waals surface area contributed by atoms with Crippen molar-refractivity contribution >= 4 is 21.9 Å². The molecule has 0 aromatic carbocycles. The second kappa shape index (κ2) is 6.05. The zero-order chi connectivity index (χ0) is 14.0. The first kappa shape index (κ1) is 14.5.